The van der Waals surface area contributed by atoms with Crippen molar-refractivity contribution < 1.29 is 9.18 Å². The maximum Gasteiger partial charge on any atom is 0.244 e. The number of nitrogens with zero attached hydrogens (tertiary/aromatic N) is 1. The second-order valence-electron chi connectivity index (χ2n) is 5.38. The smallest absolute Gasteiger partial charge is 0.244 e. The molecule has 1 aromatic carbocycles. The average molecular weight is 263 g/mol. The minimum atomic E-state index is -0.835. The number of halogens is 1. The van der Waals surface area contributed by atoms with Crippen LogP contribution in [-0.2, 0) is 4.79 Å². The van der Waals surface area contributed by atoms with E-state index in [1.807, 2.05) is 0 Å². The number of benzene rings is 1. The normalized spacial score (nSPS) is 30.3. The third-order valence-corrected chi connectivity index (χ3v) is 4.40. The van der Waals surface area contributed by atoms with E-state index in [-0.39, 0.29) is 17.8 Å². The van der Waals surface area contributed by atoms with Crippen LogP contribution in [0.5, 0.6) is 0 Å². The van der Waals surface area contributed by atoms with Crippen molar-refractivity contribution >= 4 is 11.6 Å². The molecule has 5 heteroatoms. The number of nitrogens with two attached hydrogens (primary N) is 1. The van der Waals surface area contributed by atoms with Gasteiger partial charge in [0.05, 0.1) is 5.69 Å². The van der Waals surface area contributed by atoms with Crippen LogP contribution in [-0.4, -0.2) is 35.5 Å². The van der Waals surface area contributed by atoms with Crippen molar-refractivity contribution in [1.82, 2.24) is 4.90 Å². The van der Waals surface area contributed by atoms with Gasteiger partial charge < -0.3 is 11.1 Å². The molecule has 2 fully saturated rings. The Labute approximate surface area is 111 Å². The topological polar surface area (TPSA) is 58.4 Å². The molecule has 0 spiro atoms. The molecular weight excluding hydrogens is 245 g/mol. The number of fused-ring (bicyclic) bond motifs is 1. The van der Waals surface area contributed by atoms with Crippen molar-refractivity contribution in [3.8, 4) is 0 Å². The third kappa shape index (κ3) is 1.89. The third-order valence-electron chi connectivity index (χ3n) is 4.40. The lowest BCUT2D eigenvalue weighted by Crippen LogP contribution is -2.57. The minimum absolute atomic E-state index is 0.0876. The molecular formula is C14H18FN3O. The number of anilines is 1. The second kappa shape index (κ2) is 4.49. The van der Waals surface area contributed by atoms with E-state index in [0.717, 1.165) is 25.9 Å². The van der Waals surface area contributed by atoms with Crippen LogP contribution in [0.15, 0.2) is 24.3 Å². The van der Waals surface area contributed by atoms with Gasteiger partial charge in [-0.1, -0.05) is 12.1 Å². The number of carbonyl (C=O) groups excluding carboxylic acids is 1. The number of rotatable bonds is 3. The molecule has 0 saturated carbocycles. The van der Waals surface area contributed by atoms with Crippen LogP contribution < -0.4 is 11.1 Å². The van der Waals surface area contributed by atoms with Crippen LogP contribution in [0.25, 0.3) is 0 Å². The lowest BCUT2D eigenvalue weighted by atomic mass is 9.87. The van der Waals surface area contributed by atoms with Crippen molar-refractivity contribution in [2.75, 3.05) is 18.4 Å². The van der Waals surface area contributed by atoms with Gasteiger partial charge in [-0.15, -0.1) is 0 Å². The molecule has 2 aliphatic rings. The number of para-hydroxylation sites is 1. The molecule has 2 saturated heterocycles. The zero-order valence-corrected chi connectivity index (χ0v) is 10.7. The lowest BCUT2D eigenvalue weighted by molar-refractivity contribution is -0.122. The van der Waals surface area contributed by atoms with Crippen molar-refractivity contribution in [1.29, 1.82) is 0 Å². The number of primary amides is 1. The number of amides is 1. The fourth-order valence-corrected chi connectivity index (χ4v) is 3.44. The first-order chi connectivity index (χ1) is 9.13. The first-order valence-corrected chi connectivity index (χ1v) is 6.70. The summed E-state index contributed by atoms with van der Waals surface area (Å²) in [6.45, 7) is 1.84. The summed E-state index contributed by atoms with van der Waals surface area (Å²) in [4.78, 5) is 14.3. The van der Waals surface area contributed by atoms with E-state index in [1.165, 1.54) is 6.07 Å². The molecule has 0 bridgehead atoms. The Balaban J connectivity index is 1.94. The summed E-state index contributed by atoms with van der Waals surface area (Å²) in [7, 11) is 0. The van der Waals surface area contributed by atoms with Crippen molar-refractivity contribution in [2.45, 2.75) is 30.8 Å². The zero-order valence-electron chi connectivity index (χ0n) is 10.7. The van der Waals surface area contributed by atoms with Crippen LogP contribution in [0, 0.1) is 5.82 Å². The standard InChI is InChI=1S/C14H18FN3O/c15-10-4-1-2-5-11(10)17-14(13(16)19)7-9-18-8-3-6-12(14)18/h1-2,4-5,12,17H,3,6-9H2,(H2,16,19). The van der Waals surface area contributed by atoms with Crippen LogP contribution >= 0.6 is 0 Å². The number of carbonyl (C=O) groups is 1. The maximum atomic E-state index is 13.8. The van der Waals surface area contributed by atoms with E-state index >= 15 is 0 Å². The molecule has 19 heavy (non-hydrogen) atoms. The van der Waals surface area contributed by atoms with Gasteiger partial charge in [0.15, 0.2) is 0 Å². The van der Waals surface area contributed by atoms with E-state index in [4.69, 9.17) is 5.73 Å². The Bertz CT molecular complexity index is 507. The second-order valence-corrected chi connectivity index (χ2v) is 5.38. The molecule has 2 atom stereocenters. The van der Waals surface area contributed by atoms with Crippen molar-refractivity contribution in [3.63, 3.8) is 0 Å². The molecule has 0 radical (unpaired) electrons. The molecule has 2 heterocycles. The van der Waals surface area contributed by atoms with Gasteiger partial charge in [-0.25, -0.2) is 4.39 Å². The summed E-state index contributed by atoms with van der Waals surface area (Å²) < 4.78 is 13.8. The van der Waals surface area contributed by atoms with Gasteiger partial charge in [-0.3, -0.25) is 9.69 Å². The summed E-state index contributed by atoms with van der Waals surface area (Å²) in [5, 5.41) is 3.10. The molecule has 3 N–H and O–H groups in total. The Morgan fingerprint density at radius 1 is 1.42 bits per heavy atom. The molecule has 1 aromatic rings. The summed E-state index contributed by atoms with van der Waals surface area (Å²) in [5.41, 5.74) is 5.16. The van der Waals surface area contributed by atoms with Gasteiger partial charge in [0.1, 0.15) is 11.4 Å². The highest BCUT2D eigenvalue weighted by Crippen LogP contribution is 2.38. The van der Waals surface area contributed by atoms with Gasteiger partial charge in [-0.05, 0) is 37.9 Å². The Morgan fingerprint density at radius 2 is 2.21 bits per heavy atom. The van der Waals surface area contributed by atoms with Gasteiger partial charge >= 0.3 is 0 Å². The van der Waals surface area contributed by atoms with Crippen molar-refractivity contribution in [3.05, 3.63) is 30.1 Å². The molecule has 4 nitrogen and oxygen atoms in total. The van der Waals surface area contributed by atoms with Crippen LogP contribution in [0.2, 0.25) is 0 Å². The van der Waals surface area contributed by atoms with Gasteiger partial charge in [0.2, 0.25) is 5.91 Å². The quantitative estimate of drug-likeness (QED) is 0.865. The highest BCUT2D eigenvalue weighted by atomic mass is 19.1. The molecule has 3 rings (SSSR count). The minimum Gasteiger partial charge on any atom is -0.368 e. The number of nitrogens with one attached hydrogen (secondary N) is 1. The SMILES string of the molecule is NC(=O)C1(Nc2ccccc2F)CCN2CCCC21. The van der Waals surface area contributed by atoms with E-state index in [9.17, 15) is 9.18 Å². The monoisotopic (exact) mass is 263 g/mol. The van der Waals surface area contributed by atoms with E-state index < -0.39 is 5.54 Å². The van der Waals surface area contributed by atoms with Gasteiger partial charge in [-0.2, -0.15) is 0 Å². The molecule has 2 unspecified atom stereocenters. The molecule has 102 valence electrons. The summed E-state index contributed by atoms with van der Waals surface area (Å²) in [6, 6.07) is 6.51. The van der Waals surface area contributed by atoms with E-state index in [2.05, 4.69) is 10.2 Å². The van der Waals surface area contributed by atoms with Gasteiger partial charge in [0.25, 0.3) is 0 Å². The van der Waals surface area contributed by atoms with E-state index in [0.29, 0.717) is 12.1 Å². The maximum absolute atomic E-state index is 13.8. The Morgan fingerprint density at radius 3 is 2.95 bits per heavy atom. The Kier molecular flexibility index (Phi) is 2.93. The van der Waals surface area contributed by atoms with Gasteiger partial charge in [0, 0.05) is 12.6 Å². The highest BCUT2D eigenvalue weighted by molar-refractivity contribution is 5.89. The summed E-state index contributed by atoms with van der Waals surface area (Å²) >= 11 is 0. The van der Waals surface area contributed by atoms with Crippen LogP contribution in [0.3, 0.4) is 0 Å². The molecule has 0 aromatic heterocycles. The molecule has 0 aliphatic carbocycles. The summed E-state index contributed by atoms with van der Waals surface area (Å²) in [5.74, 6) is -0.732. The summed E-state index contributed by atoms with van der Waals surface area (Å²) in [6.07, 6.45) is 2.64. The predicted molar refractivity (Wildman–Crippen MR) is 71.2 cm³/mol. The zero-order chi connectivity index (χ0) is 13.5. The molecule has 1 amide bonds. The fourth-order valence-electron chi connectivity index (χ4n) is 3.44. The van der Waals surface area contributed by atoms with Crippen LogP contribution in [0.1, 0.15) is 19.3 Å². The largest absolute Gasteiger partial charge is 0.368 e. The lowest BCUT2D eigenvalue weighted by Gasteiger charge is -2.34. The first kappa shape index (κ1) is 12.4. The number of hydrogen-bond donors (Lipinski definition) is 2. The average Bonchev–Trinajstić information content (AvgIpc) is 2.96. The molecule has 2 aliphatic heterocycles. The fraction of sp³-hybridized carbons (Fsp3) is 0.500. The van der Waals surface area contributed by atoms with Crippen molar-refractivity contribution in [2.24, 2.45) is 5.73 Å². The number of hydrogen-bond acceptors (Lipinski definition) is 3. The highest BCUT2D eigenvalue weighted by Gasteiger charge is 2.53. The first-order valence-electron chi connectivity index (χ1n) is 6.70. The predicted octanol–water partition coefficient (Wildman–Crippen LogP) is 1.33. The van der Waals surface area contributed by atoms with E-state index in [1.54, 1.807) is 18.2 Å². The Hall–Kier alpha value is -1.62. The van der Waals surface area contributed by atoms with Crippen LogP contribution in [0.4, 0.5) is 10.1 Å².